The topological polar surface area (TPSA) is 42.9 Å². The molecule has 0 bridgehead atoms. The molecule has 54 valence electrons. The van der Waals surface area contributed by atoms with E-state index in [0.717, 1.165) is 31.4 Å². The van der Waals surface area contributed by atoms with Gasteiger partial charge in [0, 0.05) is 0 Å². The van der Waals surface area contributed by atoms with E-state index < -0.39 is 0 Å². The first kappa shape index (κ1) is 6.95. The molecule has 9 heavy (non-hydrogen) atoms. The van der Waals surface area contributed by atoms with E-state index in [1.54, 1.807) is 0 Å². The van der Waals surface area contributed by atoms with Crippen LogP contribution in [0.4, 0.5) is 0 Å². The van der Waals surface area contributed by atoms with Crippen LogP contribution in [0.2, 0.25) is 0 Å². The number of hydrogen-bond donors (Lipinski definition) is 2. The molecule has 0 aliphatic carbocycles. The minimum atomic E-state index is 0.814. The van der Waals surface area contributed by atoms with Gasteiger partial charge in [-0.2, -0.15) is 11.0 Å². The maximum Gasteiger partial charge on any atom is 0.103 e. The first-order chi connectivity index (χ1) is 4.30. The molecule has 0 amide bonds. The molecular formula is C5H14N3O+. The molecule has 0 aromatic rings. The van der Waals surface area contributed by atoms with Crippen molar-refractivity contribution >= 4 is 0 Å². The minimum Gasteiger partial charge on any atom is -0.378 e. The normalized spacial score (nSPS) is 26.0. The summed E-state index contributed by atoms with van der Waals surface area (Å²) in [6.45, 7) is 3.52. The van der Waals surface area contributed by atoms with Crippen molar-refractivity contribution in [3.8, 4) is 0 Å². The second-order valence-electron chi connectivity index (χ2n) is 2.24. The van der Waals surface area contributed by atoms with Gasteiger partial charge in [0.2, 0.25) is 0 Å². The first-order valence-electron chi connectivity index (χ1n) is 3.22. The van der Waals surface area contributed by atoms with Gasteiger partial charge < -0.3 is 4.74 Å². The first-order valence-corrected chi connectivity index (χ1v) is 3.22. The Hall–Kier alpha value is -0.160. The van der Waals surface area contributed by atoms with Gasteiger partial charge >= 0.3 is 0 Å². The van der Waals surface area contributed by atoms with Crippen LogP contribution in [-0.2, 0) is 4.74 Å². The zero-order valence-electron chi connectivity index (χ0n) is 5.76. The Morgan fingerprint density at radius 1 is 1.44 bits per heavy atom. The molecule has 4 heteroatoms. The van der Waals surface area contributed by atoms with Crippen molar-refractivity contribution in [2.45, 2.75) is 0 Å². The van der Waals surface area contributed by atoms with Gasteiger partial charge in [-0.1, -0.05) is 0 Å². The van der Waals surface area contributed by atoms with Crippen LogP contribution in [0.3, 0.4) is 0 Å². The average Bonchev–Trinajstić information content (AvgIpc) is 1.90. The van der Waals surface area contributed by atoms with E-state index >= 15 is 0 Å². The lowest BCUT2D eigenvalue weighted by molar-refractivity contribution is -1.01. The fraction of sp³-hybridized carbons (Fsp3) is 1.00. The maximum atomic E-state index is 5.55. The highest BCUT2D eigenvalue weighted by atomic mass is 16.5. The molecule has 0 radical (unpaired) electrons. The van der Waals surface area contributed by atoms with Gasteiger partial charge in [0.25, 0.3) is 0 Å². The molecule has 1 saturated heterocycles. The summed E-state index contributed by atoms with van der Waals surface area (Å²) in [4.78, 5) is 0. The van der Waals surface area contributed by atoms with E-state index in [2.05, 4.69) is 5.01 Å². The lowest BCUT2D eigenvalue weighted by Crippen LogP contribution is -3.21. The Kier molecular flexibility index (Phi) is 2.41. The number of nitrogens with one attached hydrogen (secondary N) is 1. The van der Waals surface area contributed by atoms with E-state index in [0.29, 0.717) is 0 Å². The standard InChI is InChI=1S/C5H13N3O/c1-7(6)8-2-4-9-5-3-8/h2-6H2,1H3/p+1. The fourth-order valence-corrected chi connectivity index (χ4v) is 0.916. The minimum absolute atomic E-state index is 0.814. The Morgan fingerprint density at radius 3 is 2.33 bits per heavy atom. The van der Waals surface area contributed by atoms with Crippen molar-refractivity contribution in [1.29, 1.82) is 0 Å². The van der Waals surface area contributed by atoms with Crippen LogP contribution >= 0.6 is 0 Å². The molecule has 1 aliphatic rings. The zero-order chi connectivity index (χ0) is 6.69. The van der Waals surface area contributed by atoms with Gasteiger partial charge in [-0.25, -0.2) is 0 Å². The molecule has 0 aromatic carbocycles. The molecule has 1 rings (SSSR count). The van der Waals surface area contributed by atoms with E-state index in [9.17, 15) is 0 Å². The number of morpholine rings is 1. The van der Waals surface area contributed by atoms with Crippen LogP contribution in [0.5, 0.6) is 0 Å². The predicted octanol–water partition coefficient (Wildman–Crippen LogP) is -2.38. The maximum absolute atomic E-state index is 5.55. The van der Waals surface area contributed by atoms with Crippen LogP contribution in [0.25, 0.3) is 0 Å². The van der Waals surface area contributed by atoms with Crippen LogP contribution in [-0.4, -0.2) is 38.4 Å². The molecule has 1 atom stereocenters. The van der Waals surface area contributed by atoms with Gasteiger partial charge in [0.1, 0.15) is 7.05 Å². The summed E-state index contributed by atoms with van der Waals surface area (Å²) >= 11 is 0. The predicted molar refractivity (Wildman–Crippen MR) is 33.5 cm³/mol. The zero-order valence-corrected chi connectivity index (χ0v) is 5.76. The fourth-order valence-electron chi connectivity index (χ4n) is 0.916. The van der Waals surface area contributed by atoms with Crippen LogP contribution in [0.1, 0.15) is 0 Å². The van der Waals surface area contributed by atoms with E-state index in [1.807, 2.05) is 7.05 Å². The molecule has 4 nitrogen and oxygen atoms in total. The highest BCUT2D eigenvalue weighted by molar-refractivity contribution is 4.48. The van der Waals surface area contributed by atoms with Crippen molar-refractivity contribution in [3.05, 3.63) is 0 Å². The van der Waals surface area contributed by atoms with Crippen molar-refractivity contribution in [1.82, 2.24) is 5.01 Å². The number of quaternary nitrogens is 1. The van der Waals surface area contributed by atoms with Crippen LogP contribution < -0.4 is 11.0 Å². The molecule has 1 heterocycles. The molecule has 1 fully saturated rings. The summed E-state index contributed by atoms with van der Waals surface area (Å²) in [5.41, 5.74) is 0. The van der Waals surface area contributed by atoms with Gasteiger partial charge in [-0.15, -0.1) is 5.01 Å². The second kappa shape index (κ2) is 3.12. The monoisotopic (exact) mass is 132 g/mol. The van der Waals surface area contributed by atoms with Gasteiger partial charge in [-0.05, 0) is 0 Å². The number of nitrogens with zero attached hydrogens (tertiary/aromatic N) is 1. The Labute approximate surface area is 55.1 Å². The molecule has 1 unspecified atom stereocenters. The number of nitrogens with two attached hydrogens (primary N) is 1. The number of hydrogen-bond acceptors (Lipinski definition) is 3. The molecule has 0 saturated carbocycles. The van der Waals surface area contributed by atoms with E-state index in [1.165, 1.54) is 0 Å². The average molecular weight is 132 g/mol. The quantitative estimate of drug-likeness (QED) is 0.309. The Balaban J connectivity index is 2.23. The van der Waals surface area contributed by atoms with Crippen molar-refractivity contribution in [2.24, 2.45) is 5.84 Å². The summed E-state index contributed by atoms with van der Waals surface area (Å²) in [6.07, 6.45) is 0. The SMILES string of the molecule is C[NH+](N)N1CCOCC1. The molecule has 0 spiro atoms. The van der Waals surface area contributed by atoms with Crippen molar-refractivity contribution < 1.29 is 9.85 Å². The van der Waals surface area contributed by atoms with Crippen LogP contribution in [0, 0.1) is 0 Å². The second-order valence-corrected chi connectivity index (χ2v) is 2.24. The number of rotatable bonds is 1. The molecule has 3 N–H and O–H groups in total. The van der Waals surface area contributed by atoms with Gasteiger partial charge in [-0.3, -0.25) is 0 Å². The third-order valence-electron chi connectivity index (χ3n) is 1.51. The third-order valence-corrected chi connectivity index (χ3v) is 1.51. The Bertz CT molecular complexity index is 80.3. The highest BCUT2D eigenvalue weighted by Crippen LogP contribution is 1.86. The Morgan fingerprint density at radius 2 is 2.00 bits per heavy atom. The van der Waals surface area contributed by atoms with Crippen LogP contribution in [0.15, 0.2) is 0 Å². The lowest BCUT2D eigenvalue weighted by Gasteiger charge is -2.26. The summed E-state index contributed by atoms with van der Waals surface area (Å²) < 4.78 is 5.14. The van der Waals surface area contributed by atoms with E-state index in [4.69, 9.17) is 10.6 Å². The highest BCUT2D eigenvalue weighted by Gasteiger charge is 2.14. The smallest absolute Gasteiger partial charge is 0.103 e. The summed E-state index contributed by atoms with van der Waals surface area (Å²) in [5.74, 6) is 5.55. The molecule has 0 aromatic heterocycles. The molecule has 1 aliphatic heterocycles. The molecular weight excluding hydrogens is 118 g/mol. The lowest BCUT2D eigenvalue weighted by atomic mass is 10.5. The third kappa shape index (κ3) is 1.91. The number of ether oxygens (including phenoxy) is 1. The van der Waals surface area contributed by atoms with Gasteiger partial charge in [0.15, 0.2) is 0 Å². The summed E-state index contributed by atoms with van der Waals surface area (Å²) in [7, 11) is 1.92. The van der Waals surface area contributed by atoms with Crippen molar-refractivity contribution in [3.63, 3.8) is 0 Å². The summed E-state index contributed by atoms with van der Waals surface area (Å²) in [6, 6.07) is 0. The summed E-state index contributed by atoms with van der Waals surface area (Å²) in [5, 5.41) is 3.03. The van der Waals surface area contributed by atoms with E-state index in [-0.39, 0.29) is 0 Å². The van der Waals surface area contributed by atoms with Crippen molar-refractivity contribution in [2.75, 3.05) is 33.4 Å². The largest absolute Gasteiger partial charge is 0.378 e. The van der Waals surface area contributed by atoms with Gasteiger partial charge in [0.05, 0.1) is 26.3 Å².